The highest BCUT2D eigenvalue weighted by atomic mass is 19.2. The number of morpholine rings is 1. The topological polar surface area (TPSA) is 21.3 Å². The first kappa shape index (κ1) is 12.3. The van der Waals surface area contributed by atoms with E-state index in [2.05, 4.69) is 5.32 Å². The molecule has 2 rings (SSSR count). The van der Waals surface area contributed by atoms with E-state index in [9.17, 15) is 22.0 Å². The van der Waals surface area contributed by atoms with E-state index in [1.54, 1.807) is 0 Å². The van der Waals surface area contributed by atoms with Crippen LogP contribution in [0.5, 0.6) is 0 Å². The number of halogens is 5. The molecule has 0 bridgehead atoms. The summed E-state index contributed by atoms with van der Waals surface area (Å²) in [6.07, 6.45) is 0. The van der Waals surface area contributed by atoms with Crippen molar-refractivity contribution in [1.29, 1.82) is 0 Å². The Morgan fingerprint density at radius 2 is 1.41 bits per heavy atom. The van der Waals surface area contributed by atoms with Gasteiger partial charge in [0.1, 0.15) is 0 Å². The molecule has 7 heteroatoms. The Hall–Kier alpha value is -1.21. The second-order valence-electron chi connectivity index (χ2n) is 3.57. The molecule has 1 aliphatic heterocycles. The zero-order chi connectivity index (χ0) is 12.6. The van der Waals surface area contributed by atoms with Gasteiger partial charge >= 0.3 is 0 Å². The minimum Gasteiger partial charge on any atom is -0.378 e. The normalized spacial score (nSPS) is 20.6. The summed E-state index contributed by atoms with van der Waals surface area (Å²) in [6, 6.07) is -1.03. The lowest BCUT2D eigenvalue weighted by Crippen LogP contribution is -2.36. The molecule has 2 nitrogen and oxygen atoms in total. The van der Waals surface area contributed by atoms with E-state index in [0.29, 0.717) is 6.61 Å². The van der Waals surface area contributed by atoms with Gasteiger partial charge in [-0.25, -0.2) is 22.0 Å². The third-order valence-corrected chi connectivity index (χ3v) is 2.51. The Bertz CT molecular complexity index is 416. The summed E-state index contributed by atoms with van der Waals surface area (Å²) >= 11 is 0. The molecule has 1 aliphatic rings. The molecule has 0 spiro atoms. The fourth-order valence-electron chi connectivity index (χ4n) is 1.68. The zero-order valence-electron chi connectivity index (χ0n) is 8.50. The SMILES string of the molecule is Fc1c(F)c(F)c([C@H]2COCCN2)c(F)c1F. The Morgan fingerprint density at radius 3 is 1.88 bits per heavy atom. The number of rotatable bonds is 1. The summed E-state index contributed by atoms with van der Waals surface area (Å²) in [5.74, 6) is -9.66. The molecule has 1 atom stereocenters. The van der Waals surface area contributed by atoms with Crippen LogP contribution in [0, 0.1) is 29.1 Å². The lowest BCUT2D eigenvalue weighted by atomic mass is 10.0. The van der Waals surface area contributed by atoms with Crippen molar-refractivity contribution in [3.05, 3.63) is 34.6 Å². The Labute approximate surface area is 93.4 Å². The van der Waals surface area contributed by atoms with Gasteiger partial charge in [-0.15, -0.1) is 0 Å². The van der Waals surface area contributed by atoms with Gasteiger partial charge in [-0.2, -0.15) is 0 Å². The molecule has 0 saturated carbocycles. The molecule has 1 aromatic rings. The van der Waals surface area contributed by atoms with Gasteiger partial charge in [0.2, 0.25) is 5.82 Å². The summed E-state index contributed by atoms with van der Waals surface area (Å²) < 4.78 is 70.3. The number of hydrogen-bond donors (Lipinski definition) is 1. The second kappa shape index (κ2) is 4.58. The van der Waals surface area contributed by atoms with Crippen molar-refractivity contribution < 1.29 is 26.7 Å². The maximum absolute atomic E-state index is 13.4. The molecule has 0 amide bonds. The second-order valence-corrected chi connectivity index (χ2v) is 3.57. The van der Waals surface area contributed by atoms with Crippen molar-refractivity contribution >= 4 is 0 Å². The monoisotopic (exact) mass is 253 g/mol. The zero-order valence-corrected chi connectivity index (χ0v) is 8.50. The van der Waals surface area contributed by atoms with E-state index in [0.717, 1.165) is 0 Å². The van der Waals surface area contributed by atoms with Crippen molar-refractivity contribution in [2.75, 3.05) is 19.8 Å². The van der Waals surface area contributed by atoms with Gasteiger partial charge in [-0.3, -0.25) is 0 Å². The van der Waals surface area contributed by atoms with Gasteiger partial charge in [-0.05, 0) is 0 Å². The van der Waals surface area contributed by atoms with E-state index in [1.165, 1.54) is 0 Å². The smallest absolute Gasteiger partial charge is 0.200 e. The number of benzene rings is 1. The first-order valence-electron chi connectivity index (χ1n) is 4.86. The van der Waals surface area contributed by atoms with E-state index >= 15 is 0 Å². The van der Waals surface area contributed by atoms with Crippen LogP contribution in [0.25, 0.3) is 0 Å². The van der Waals surface area contributed by atoms with Gasteiger partial charge < -0.3 is 10.1 Å². The fraction of sp³-hybridized carbons (Fsp3) is 0.400. The molecule has 1 N–H and O–H groups in total. The number of nitrogens with one attached hydrogen (secondary N) is 1. The largest absolute Gasteiger partial charge is 0.378 e. The minimum atomic E-state index is -2.15. The van der Waals surface area contributed by atoms with Gasteiger partial charge in [0.05, 0.1) is 19.3 Å². The Morgan fingerprint density at radius 1 is 0.882 bits per heavy atom. The molecule has 0 unspecified atom stereocenters. The van der Waals surface area contributed by atoms with Crippen LogP contribution < -0.4 is 5.32 Å². The molecule has 0 aromatic heterocycles. The molecule has 94 valence electrons. The van der Waals surface area contributed by atoms with E-state index in [4.69, 9.17) is 4.74 Å². The molecule has 0 aliphatic carbocycles. The molecule has 1 heterocycles. The van der Waals surface area contributed by atoms with Crippen LogP contribution in [0.4, 0.5) is 22.0 Å². The molecular formula is C10H8F5NO. The van der Waals surface area contributed by atoms with Crippen LogP contribution in [0.3, 0.4) is 0 Å². The molecule has 0 radical (unpaired) electrons. The predicted octanol–water partition coefficient (Wildman–Crippen LogP) is 2.04. The standard InChI is InChI=1S/C10H8F5NO/c11-6-5(4-3-17-2-1-16-4)7(12)9(14)10(15)8(6)13/h4,16H,1-3H2/t4-/m1/s1. The van der Waals surface area contributed by atoms with E-state index in [-0.39, 0.29) is 13.2 Å². The van der Waals surface area contributed by atoms with Crippen molar-refractivity contribution in [2.24, 2.45) is 0 Å². The van der Waals surface area contributed by atoms with Crippen LogP contribution in [0.1, 0.15) is 11.6 Å². The van der Waals surface area contributed by atoms with Crippen molar-refractivity contribution in [3.63, 3.8) is 0 Å². The van der Waals surface area contributed by atoms with Gasteiger partial charge in [-0.1, -0.05) is 0 Å². The van der Waals surface area contributed by atoms with Crippen molar-refractivity contribution in [1.82, 2.24) is 5.32 Å². The van der Waals surface area contributed by atoms with E-state index < -0.39 is 40.7 Å². The maximum Gasteiger partial charge on any atom is 0.200 e. The first-order chi connectivity index (χ1) is 8.04. The molecule has 1 fully saturated rings. The third kappa shape index (κ3) is 2.00. The highest BCUT2D eigenvalue weighted by Gasteiger charge is 2.31. The van der Waals surface area contributed by atoms with Crippen LogP contribution in [-0.4, -0.2) is 19.8 Å². The van der Waals surface area contributed by atoms with Crippen LogP contribution in [0.15, 0.2) is 0 Å². The summed E-state index contributed by atoms with van der Waals surface area (Å²) in [5.41, 5.74) is -0.874. The van der Waals surface area contributed by atoms with Gasteiger partial charge in [0.15, 0.2) is 23.3 Å². The van der Waals surface area contributed by atoms with Gasteiger partial charge in [0.25, 0.3) is 0 Å². The quantitative estimate of drug-likeness (QED) is 0.470. The van der Waals surface area contributed by atoms with Gasteiger partial charge in [0, 0.05) is 12.1 Å². The average Bonchev–Trinajstić information content (AvgIpc) is 2.36. The van der Waals surface area contributed by atoms with Crippen molar-refractivity contribution in [3.8, 4) is 0 Å². The van der Waals surface area contributed by atoms with Crippen LogP contribution in [0.2, 0.25) is 0 Å². The van der Waals surface area contributed by atoms with Crippen LogP contribution in [-0.2, 0) is 4.74 Å². The lowest BCUT2D eigenvalue weighted by molar-refractivity contribution is 0.0738. The highest BCUT2D eigenvalue weighted by Crippen LogP contribution is 2.28. The number of ether oxygens (including phenoxy) is 1. The minimum absolute atomic E-state index is 0.141. The predicted molar refractivity (Wildman–Crippen MR) is 47.8 cm³/mol. The lowest BCUT2D eigenvalue weighted by Gasteiger charge is -2.25. The molecular weight excluding hydrogens is 245 g/mol. The average molecular weight is 253 g/mol. The maximum atomic E-state index is 13.4. The fourth-order valence-corrected chi connectivity index (χ4v) is 1.68. The number of hydrogen-bond acceptors (Lipinski definition) is 2. The first-order valence-corrected chi connectivity index (χ1v) is 4.86. The molecule has 1 aromatic carbocycles. The summed E-state index contributed by atoms with van der Waals surface area (Å²) in [6.45, 7) is 0.467. The third-order valence-electron chi connectivity index (χ3n) is 2.51. The summed E-state index contributed by atoms with van der Waals surface area (Å²) in [4.78, 5) is 0. The summed E-state index contributed by atoms with van der Waals surface area (Å²) in [7, 11) is 0. The summed E-state index contributed by atoms with van der Waals surface area (Å²) in [5, 5.41) is 2.63. The van der Waals surface area contributed by atoms with E-state index in [1.807, 2.05) is 0 Å². The Kier molecular flexibility index (Phi) is 3.30. The molecule has 1 saturated heterocycles. The molecule has 17 heavy (non-hydrogen) atoms. The highest BCUT2D eigenvalue weighted by molar-refractivity contribution is 5.27. The van der Waals surface area contributed by atoms with Crippen LogP contribution >= 0.6 is 0 Å². The Balaban J connectivity index is 2.52. The van der Waals surface area contributed by atoms with Crippen molar-refractivity contribution in [2.45, 2.75) is 6.04 Å².